The molecule has 28 heavy (non-hydrogen) atoms. The van der Waals surface area contributed by atoms with Crippen molar-refractivity contribution in [3.05, 3.63) is 0 Å². The maximum absolute atomic E-state index is 12.8. The Morgan fingerprint density at radius 2 is 1.71 bits per heavy atom. The molecule has 6 nitrogen and oxygen atoms in total. The number of carbonyl (C=O) groups is 1. The number of hydrogen-bond donors (Lipinski definition) is 1. The minimum absolute atomic E-state index is 0.174. The van der Waals surface area contributed by atoms with E-state index in [1.54, 1.807) is 0 Å². The largest absolute Gasteiger partial charge is 0.378 e. The highest BCUT2D eigenvalue weighted by Gasteiger charge is 2.44. The Hall–Kier alpha value is -1.30. The number of carbonyl (C=O) groups excluding carboxylic acids is 1. The lowest BCUT2D eigenvalue weighted by Crippen LogP contribution is -2.50. The normalized spacial score (nSPS) is 30.4. The van der Waals surface area contributed by atoms with Crippen LogP contribution in [0.3, 0.4) is 0 Å². The Morgan fingerprint density at radius 1 is 1.00 bits per heavy atom. The van der Waals surface area contributed by atoms with Crippen LogP contribution in [0.15, 0.2) is 4.99 Å². The third-order valence-electron chi connectivity index (χ3n) is 7.18. The fourth-order valence-electron chi connectivity index (χ4n) is 5.40. The smallest absolute Gasteiger partial charge is 0.225 e. The number of rotatable bonds is 4. The monoisotopic (exact) mass is 390 g/mol. The highest BCUT2D eigenvalue weighted by atomic mass is 16.5. The van der Waals surface area contributed by atoms with E-state index in [0.29, 0.717) is 25.2 Å². The number of hydrogen-bond acceptors (Lipinski definition) is 3. The average molecular weight is 391 g/mol. The van der Waals surface area contributed by atoms with Gasteiger partial charge in [-0.1, -0.05) is 32.1 Å². The summed E-state index contributed by atoms with van der Waals surface area (Å²) in [4.78, 5) is 21.9. The van der Waals surface area contributed by atoms with Crippen LogP contribution in [0.2, 0.25) is 0 Å². The maximum Gasteiger partial charge on any atom is 0.225 e. The van der Waals surface area contributed by atoms with Crippen molar-refractivity contribution in [1.82, 2.24) is 15.1 Å². The zero-order valence-corrected chi connectivity index (χ0v) is 17.6. The molecule has 1 amide bonds. The van der Waals surface area contributed by atoms with E-state index in [2.05, 4.69) is 17.1 Å². The first-order valence-corrected chi connectivity index (χ1v) is 11.7. The first kappa shape index (κ1) is 20.0. The van der Waals surface area contributed by atoms with E-state index in [4.69, 9.17) is 9.73 Å². The molecule has 2 aliphatic heterocycles. The van der Waals surface area contributed by atoms with E-state index < -0.39 is 0 Å². The van der Waals surface area contributed by atoms with Crippen LogP contribution < -0.4 is 5.32 Å². The topological polar surface area (TPSA) is 57.2 Å². The number of nitrogens with one attached hydrogen (secondary N) is 1. The molecular weight excluding hydrogens is 352 g/mol. The second-order valence-electron chi connectivity index (χ2n) is 9.05. The highest BCUT2D eigenvalue weighted by molar-refractivity contribution is 5.82. The molecule has 0 spiro atoms. The molecule has 1 N–H and O–H groups in total. The number of guanidine groups is 1. The molecule has 0 aromatic rings. The van der Waals surface area contributed by atoms with Gasteiger partial charge in [0.25, 0.3) is 0 Å². The van der Waals surface area contributed by atoms with Crippen LogP contribution in [0.1, 0.15) is 58.3 Å². The third-order valence-corrected chi connectivity index (χ3v) is 7.18. The minimum atomic E-state index is 0.174. The number of likely N-dealkylation sites (tertiary alicyclic amines) is 1. The van der Waals surface area contributed by atoms with Gasteiger partial charge in [-0.25, -0.2) is 0 Å². The van der Waals surface area contributed by atoms with Gasteiger partial charge in [0.1, 0.15) is 0 Å². The van der Waals surface area contributed by atoms with Gasteiger partial charge in [-0.05, 0) is 38.0 Å². The summed E-state index contributed by atoms with van der Waals surface area (Å²) in [5.41, 5.74) is 0. The van der Waals surface area contributed by atoms with Crippen molar-refractivity contribution in [2.24, 2.45) is 22.7 Å². The Labute approximate surface area is 170 Å². The molecule has 2 atom stereocenters. The maximum atomic E-state index is 12.8. The van der Waals surface area contributed by atoms with Crippen molar-refractivity contribution in [3.63, 3.8) is 0 Å². The minimum Gasteiger partial charge on any atom is -0.378 e. The fraction of sp³-hybridized carbons (Fsp3) is 0.909. The molecule has 2 unspecified atom stereocenters. The standard InChI is InChI=1S/C22H38N4O2/c1-2-23-22(24-20-16-19(20)17-6-4-3-5-7-17)26-10-8-18(9-11-26)21(27)25-12-14-28-15-13-25/h17-20H,2-16H2,1H3,(H,23,24). The predicted molar refractivity (Wildman–Crippen MR) is 111 cm³/mol. The van der Waals surface area contributed by atoms with E-state index in [9.17, 15) is 4.79 Å². The van der Waals surface area contributed by atoms with Gasteiger partial charge in [0.2, 0.25) is 5.91 Å². The van der Waals surface area contributed by atoms with E-state index in [-0.39, 0.29) is 5.92 Å². The van der Waals surface area contributed by atoms with Gasteiger partial charge in [-0.3, -0.25) is 9.79 Å². The van der Waals surface area contributed by atoms with Crippen LogP contribution in [0, 0.1) is 17.8 Å². The summed E-state index contributed by atoms with van der Waals surface area (Å²) in [5, 5.41) is 3.78. The Bertz CT molecular complexity index is 547. The van der Waals surface area contributed by atoms with Gasteiger partial charge in [-0.15, -0.1) is 0 Å². The summed E-state index contributed by atoms with van der Waals surface area (Å²) in [7, 11) is 0. The summed E-state index contributed by atoms with van der Waals surface area (Å²) in [6, 6.07) is 0.626. The zero-order chi connectivity index (χ0) is 19.3. The Balaban J connectivity index is 1.26. The van der Waals surface area contributed by atoms with Gasteiger partial charge in [-0.2, -0.15) is 0 Å². The van der Waals surface area contributed by atoms with E-state index >= 15 is 0 Å². The molecule has 158 valence electrons. The summed E-state index contributed by atoms with van der Waals surface area (Å²) < 4.78 is 5.38. The molecule has 4 aliphatic rings. The number of ether oxygens (including phenoxy) is 1. The van der Waals surface area contributed by atoms with E-state index in [1.165, 1.54) is 38.5 Å². The molecular formula is C22H38N4O2. The number of aliphatic imine (C=N–C) groups is 1. The quantitative estimate of drug-likeness (QED) is 0.592. The second-order valence-corrected chi connectivity index (χ2v) is 9.05. The molecule has 2 saturated heterocycles. The van der Waals surface area contributed by atoms with Gasteiger partial charge in [0, 0.05) is 44.7 Å². The zero-order valence-electron chi connectivity index (χ0n) is 17.6. The summed E-state index contributed by atoms with van der Waals surface area (Å²) in [6.07, 6.45) is 10.3. The van der Waals surface area contributed by atoms with Crippen molar-refractivity contribution in [2.45, 2.75) is 64.3 Å². The van der Waals surface area contributed by atoms with Crippen LogP contribution in [-0.2, 0) is 9.53 Å². The molecule has 2 saturated carbocycles. The SMILES string of the molecule is CCN=C(NC1CC1C1CCCCC1)N1CCC(C(=O)N2CCOCC2)CC1. The summed E-state index contributed by atoms with van der Waals surface area (Å²) in [5.74, 6) is 3.40. The lowest BCUT2D eigenvalue weighted by Gasteiger charge is -2.37. The van der Waals surface area contributed by atoms with Crippen molar-refractivity contribution in [3.8, 4) is 0 Å². The van der Waals surface area contributed by atoms with Crippen molar-refractivity contribution >= 4 is 11.9 Å². The Kier molecular flexibility index (Phi) is 6.76. The number of nitrogens with zero attached hydrogens (tertiary/aromatic N) is 3. The van der Waals surface area contributed by atoms with Crippen LogP contribution in [-0.4, -0.2) is 73.6 Å². The lowest BCUT2D eigenvalue weighted by atomic mass is 9.85. The predicted octanol–water partition coefficient (Wildman–Crippen LogP) is 2.49. The van der Waals surface area contributed by atoms with Crippen LogP contribution in [0.4, 0.5) is 0 Å². The Morgan fingerprint density at radius 3 is 2.39 bits per heavy atom. The number of morpholine rings is 1. The average Bonchev–Trinajstić information content (AvgIpc) is 3.54. The third kappa shape index (κ3) is 4.81. The van der Waals surface area contributed by atoms with Crippen LogP contribution in [0.5, 0.6) is 0 Å². The number of amides is 1. The lowest BCUT2D eigenvalue weighted by molar-refractivity contribution is -0.140. The van der Waals surface area contributed by atoms with Crippen molar-refractivity contribution in [1.29, 1.82) is 0 Å². The van der Waals surface area contributed by atoms with E-state index in [1.807, 2.05) is 4.90 Å². The molecule has 2 heterocycles. The first-order chi connectivity index (χ1) is 13.8. The number of piperidine rings is 1. The van der Waals surface area contributed by atoms with E-state index in [0.717, 1.165) is 63.4 Å². The van der Waals surface area contributed by atoms with Crippen molar-refractivity contribution < 1.29 is 9.53 Å². The highest BCUT2D eigenvalue weighted by Crippen LogP contribution is 2.44. The summed E-state index contributed by atoms with van der Waals surface area (Å²) >= 11 is 0. The molecule has 0 radical (unpaired) electrons. The van der Waals surface area contributed by atoms with Crippen LogP contribution >= 0.6 is 0 Å². The molecule has 4 rings (SSSR count). The summed E-state index contributed by atoms with van der Waals surface area (Å²) in [6.45, 7) is 7.69. The molecule has 0 aromatic carbocycles. The first-order valence-electron chi connectivity index (χ1n) is 11.7. The van der Waals surface area contributed by atoms with Gasteiger partial charge in [0.05, 0.1) is 13.2 Å². The van der Waals surface area contributed by atoms with Gasteiger partial charge in [0.15, 0.2) is 5.96 Å². The molecule has 0 aromatic heterocycles. The van der Waals surface area contributed by atoms with Crippen molar-refractivity contribution in [2.75, 3.05) is 45.9 Å². The fourth-order valence-corrected chi connectivity index (χ4v) is 5.40. The van der Waals surface area contributed by atoms with Gasteiger partial charge >= 0.3 is 0 Å². The van der Waals surface area contributed by atoms with Crippen LogP contribution in [0.25, 0.3) is 0 Å². The molecule has 0 bridgehead atoms. The molecule has 6 heteroatoms. The van der Waals surface area contributed by atoms with Gasteiger partial charge < -0.3 is 19.9 Å². The second kappa shape index (κ2) is 9.47. The molecule has 2 aliphatic carbocycles. The molecule has 4 fully saturated rings.